The molecule has 0 spiro atoms. The maximum absolute atomic E-state index is 13.2. The number of piperidine rings is 1. The van der Waals surface area contributed by atoms with Crippen molar-refractivity contribution in [3.63, 3.8) is 0 Å². The number of hydrazine groups is 1. The van der Waals surface area contributed by atoms with Gasteiger partial charge in [0, 0.05) is 34.8 Å². The molecule has 182 valence electrons. The summed E-state index contributed by atoms with van der Waals surface area (Å²) in [5.41, 5.74) is 7.46. The first-order valence-electron chi connectivity index (χ1n) is 11.7. The molecule has 0 radical (unpaired) electrons. The molecule has 1 aromatic heterocycles. The van der Waals surface area contributed by atoms with Crippen molar-refractivity contribution in [1.82, 2.24) is 25.1 Å². The maximum atomic E-state index is 13.2. The quantitative estimate of drug-likeness (QED) is 0.480. The average molecular weight is 510 g/mol. The van der Waals surface area contributed by atoms with Gasteiger partial charge in [-0.05, 0) is 64.2 Å². The smallest absolute Gasteiger partial charge is 0.286 e. The molecule has 1 aliphatic heterocycles. The summed E-state index contributed by atoms with van der Waals surface area (Å²) < 4.78 is 1.73. The van der Waals surface area contributed by atoms with E-state index < -0.39 is 0 Å². The summed E-state index contributed by atoms with van der Waals surface area (Å²) in [6, 6.07) is 13.2. The highest BCUT2D eigenvalue weighted by molar-refractivity contribution is 6.35. The average Bonchev–Trinajstić information content (AvgIpc) is 3.17. The number of aromatic nitrogens is 2. The number of halogens is 2. The molecule has 2 heterocycles. The van der Waals surface area contributed by atoms with E-state index in [4.69, 9.17) is 28.3 Å². The molecular formula is C27H29Cl2N5O. The summed E-state index contributed by atoms with van der Waals surface area (Å²) in [6.07, 6.45) is 3.33. The van der Waals surface area contributed by atoms with Crippen LogP contribution in [0.1, 0.15) is 40.9 Å². The third-order valence-electron chi connectivity index (χ3n) is 5.88. The Morgan fingerprint density at radius 1 is 1.09 bits per heavy atom. The molecule has 2 aromatic carbocycles. The van der Waals surface area contributed by atoms with E-state index in [1.807, 2.05) is 61.3 Å². The second-order valence-electron chi connectivity index (χ2n) is 8.94. The van der Waals surface area contributed by atoms with E-state index in [9.17, 15) is 4.79 Å². The molecule has 4 rings (SSSR count). The zero-order chi connectivity index (χ0) is 24.9. The molecule has 0 unspecified atom stereocenters. The third kappa shape index (κ3) is 6.06. The van der Waals surface area contributed by atoms with Crippen molar-refractivity contribution in [2.75, 3.05) is 33.7 Å². The summed E-state index contributed by atoms with van der Waals surface area (Å²) in [4.78, 5) is 15.2. The Kier molecular flexibility index (Phi) is 8.15. The zero-order valence-corrected chi connectivity index (χ0v) is 21.7. The fourth-order valence-corrected chi connectivity index (χ4v) is 4.58. The van der Waals surface area contributed by atoms with Gasteiger partial charge in [0.05, 0.1) is 22.9 Å². The Hall–Kier alpha value is -2.82. The van der Waals surface area contributed by atoms with Crippen LogP contribution < -0.4 is 5.43 Å². The molecule has 1 fully saturated rings. The Balaban J connectivity index is 1.74. The number of amides is 1. The number of rotatable bonds is 5. The number of carbonyl (C=O) groups is 1. The van der Waals surface area contributed by atoms with E-state index in [0.29, 0.717) is 28.0 Å². The van der Waals surface area contributed by atoms with Crippen molar-refractivity contribution in [2.45, 2.75) is 26.2 Å². The van der Waals surface area contributed by atoms with Crippen LogP contribution in [-0.2, 0) is 0 Å². The van der Waals surface area contributed by atoms with Crippen LogP contribution in [0.15, 0.2) is 42.5 Å². The van der Waals surface area contributed by atoms with Crippen molar-refractivity contribution in [3.8, 4) is 28.8 Å². The van der Waals surface area contributed by atoms with Gasteiger partial charge in [0.1, 0.15) is 0 Å². The standard InChI is InChI=1S/C27H29Cl2N5O/c1-19-25(27(35)31-33-16-5-4-6-17-33)30-34(24-14-13-22(28)18-23(24)29)26(19)21-11-9-20(10-12-21)8-7-15-32(2)3/h9-14,18H,4-6,15-17H2,1-3H3,(H,31,35). The number of benzene rings is 2. The predicted octanol–water partition coefficient (Wildman–Crippen LogP) is 5.20. The van der Waals surface area contributed by atoms with E-state index in [2.05, 4.69) is 17.3 Å². The highest BCUT2D eigenvalue weighted by Gasteiger charge is 2.24. The van der Waals surface area contributed by atoms with Crippen molar-refractivity contribution in [1.29, 1.82) is 0 Å². The van der Waals surface area contributed by atoms with Gasteiger partial charge in [0.25, 0.3) is 5.91 Å². The number of carbonyl (C=O) groups excluding carboxylic acids is 1. The van der Waals surface area contributed by atoms with Crippen molar-refractivity contribution < 1.29 is 4.79 Å². The van der Waals surface area contributed by atoms with Gasteiger partial charge in [-0.25, -0.2) is 9.69 Å². The van der Waals surface area contributed by atoms with Crippen molar-refractivity contribution >= 4 is 29.1 Å². The lowest BCUT2D eigenvalue weighted by molar-refractivity contribution is 0.0743. The molecule has 1 saturated heterocycles. The van der Waals surface area contributed by atoms with Crippen LogP contribution >= 0.6 is 23.2 Å². The van der Waals surface area contributed by atoms with Gasteiger partial charge in [0.15, 0.2) is 5.69 Å². The summed E-state index contributed by atoms with van der Waals surface area (Å²) >= 11 is 12.7. The van der Waals surface area contributed by atoms with Gasteiger partial charge in [0.2, 0.25) is 0 Å². The summed E-state index contributed by atoms with van der Waals surface area (Å²) in [7, 11) is 3.98. The Morgan fingerprint density at radius 3 is 2.46 bits per heavy atom. The van der Waals surface area contributed by atoms with Crippen LogP contribution in [0.5, 0.6) is 0 Å². The molecule has 1 amide bonds. The van der Waals surface area contributed by atoms with Crippen molar-refractivity contribution in [3.05, 3.63) is 69.3 Å². The highest BCUT2D eigenvalue weighted by Crippen LogP contribution is 2.33. The third-order valence-corrected chi connectivity index (χ3v) is 6.42. The van der Waals surface area contributed by atoms with E-state index in [0.717, 1.165) is 48.3 Å². The van der Waals surface area contributed by atoms with Crippen LogP contribution in [-0.4, -0.2) is 59.3 Å². The van der Waals surface area contributed by atoms with Gasteiger partial charge in [-0.15, -0.1) is 0 Å². The lowest BCUT2D eigenvalue weighted by Crippen LogP contribution is -2.45. The van der Waals surface area contributed by atoms with Crippen LogP contribution in [0.2, 0.25) is 10.0 Å². The normalized spacial score (nSPS) is 14.0. The topological polar surface area (TPSA) is 53.4 Å². The Morgan fingerprint density at radius 2 is 1.80 bits per heavy atom. The van der Waals surface area contributed by atoms with Crippen LogP contribution in [0.25, 0.3) is 16.9 Å². The molecule has 6 nitrogen and oxygen atoms in total. The summed E-state index contributed by atoms with van der Waals surface area (Å²) in [5.74, 6) is 6.11. The Bertz CT molecular complexity index is 1270. The Labute approximate surface area is 216 Å². The van der Waals surface area contributed by atoms with Gasteiger partial charge in [-0.2, -0.15) is 5.10 Å². The molecule has 8 heteroatoms. The fraction of sp³-hybridized carbons (Fsp3) is 0.333. The fourth-order valence-electron chi connectivity index (χ4n) is 4.09. The van der Waals surface area contributed by atoms with Crippen molar-refractivity contribution in [2.24, 2.45) is 0 Å². The minimum atomic E-state index is -0.222. The SMILES string of the molecule is Cc1c(C(=O)NN2CCCCC2)nn(-c2ccc(Cl)cc2Cl)c1-c1ccc(C#CCN(C)C)cc1. The van der Waals surface area contributed by atoms with Crippen LogP contribution in [0, 0.1) is 18.8 Å². The molecular weight excluding hydrogens is 481 g/mol. The lowest BCUT2D eigenvalue weighted by Gasteiger charge is -2.26. The molecule has 3 aromatic rings. The van der Waals surface area contributed by atoms with Crippen LogP contribution in [0.3, 0.4) is 0 Å². The summed E-state index contributed by atoms with van der Waals surface area (Å²) in [6.45, 7) is 4.30. The highest BCUT2D eigenvalue weighted by atomic mass is 35.5. The first-order chi connectivity index (χ1) is 16.8. The minimum absolute atomic E-state index is 0.222. The lowest BCUT2D eigenvalue weighted by atomic mass is 10.0. The second-order valence-corrected chi connectivity index (χ2v) is 9.78. The minimum Gasteiger partial charge on any atom is -0.299 e. The number of nitrogens with zero attached hydrogens (tertiary/aromatic N) is 4. The number of hydrogen-bond donors (Lipinski definition) is 1. The monoisotopic (exact) mass is 509 g/mol. The van der Waals surface area contributed by atoms with E-state index in [1.165, 1.54) is 6.42 Å². The second kappa shape index (κ2) is 11.3. The molecule has 0 atom stereocenters. The molecule has 1 aliphatic rings. The maximum Gasteiger partial charge on any atom is 0.286 e. The van der Waals surface area contributed by atoms with E-state index >= 15 is 0 Å². The first-order valence-corrected chi connectivity index (χ1v) is 12.4. The van der Waals surface area contributed by atoms with Gasteiger partial charge >= 0.3 is 0 Å². The number of nitrogens with one attached hydrogen (secondary N) is 1. The van der Waals surface area contributed by atoms with Gasteiger partial charge in [-0.3, -0.25) is 15.1 Å². The molecule has 0 aliphatic carbocycles. The van der Waals surface area contributed by atoms with Gasteiger partial charge in [-0.1, -0.05) is 53.6 Å². The molecule has 0 saturated carbocycles. The van der Waals surface area contributed by atoms with E-state index in [-0.39, 0.29) is 5.91 Å². The summed E-state index contributed by atoms with van der Waals surface area (Å²) in [5, 5.41) is 7.68. The zero-order valence-electron chi connectivity index (χ0n) is 20.2. The first kappa shape index (κ1) is 25.3. The molecule has 0 bridgehead atoms. The van der Waals surface area contributed by atoms with E-state index in [1.54, 1.807) is 16.8 Å². The largest absolute Gasteiger partial charge is 0.299 e. The molecule has 1 N–H and O–H groups in total. The predicted molar refractivity (Wildman–Crippen MR) is 142 cm³/mol. The number of hydrogen-bond acceptors (Lipinski definition) is 4. The molecule has 35 heavy (non-hydrogen) atoms. The van der Waals surface area contributed by atoms with Gasteiger partial charge < -0.3 is 0 Å². The van der Waals surface area contributed by atoms with Crippen LogP contribution in [0.4, 0.5) is 0 Å².